The molecule has 0 spiro atoms. The number of hydrogen-bond acceptors (Lipinski definition) is 5. The lowest BCUT2D eigenvalue weighted by molar-refractivity contribution is 0.0957. The average Bonchev–Trinajstić information content (AvgIpc) is 3.55. The molecule has 1 amide bonds. The van der Waals surface area contributed by atoms with E-state index in [1.54, 1.807) is 7.11 Å². The van der Waals surface area contributed by atoms with Gasteiger partial charge in [-0.3, -0.25) is 4.79 Å². The van der Waals surface area contributed by atoms with Gasteiger partial charge in [0.15, 0.2) is 0 Å². The Labute approximate surface area is 210 Å². The third-order valence-corrected chi connectivity index (χ3v) is 6.81. The SMILES string of the molecule is COc1ccc(OCCCCn2c(CCCCCNC(=O)c3cccs3)nc3ccccc32)cc1. The number of aromatic nitrogens is 2. The van der Waals surface area contributed by atoms with Crippen molar-refractivity contribution in [3.63, 3.8) is 0 Å². The molecular weight excluding hydrogens is 458 g/mol. The number of unbranched alkanes of at least 4 members (excludes halogenated alkanes) is 3. The zero-order valence-corrected chi connectivity index (χ0v) is 21.1. The number of hydrogen-bond donors (Lipinski definition) is 1. The number of methoxy groups -OCH3 is 1. The molecule has 2 aromatic carbocycles. The van der Waals surface area contributed by atoms with Gasteiger partial charge < -0.3 is 19.4 Å². The third-order valence-electron chi connectivity index (χ3n) is 5.95. The lowest BCUT2D eigenvalue weighted by Gasteiger charge is -2.11. The number of fused-ring (bicyclic) bond motifs is 1. The second-order valence-electron chi connectivity index (χ2n) is 8.44. The number of rotatable bonds is 14. The van der Waals surface area contributed by atoms with Crippen LogP contribution in [-0.2, 0) is 13.0 Å². The first-order chi connectivity index (χ1) is 17.2. The van der Waals surface area contributed by atoms with Crippen molar-refractivity contribution < 1.29 is 14.3 Å². The van der Waals surface area contributed by atoms with Gasteiger partial charge in [0, 0.05) is 19.5 Å². The number of para-hydroxylation sites is 2. The normalized spacial score (nSPS) is 11.0. The number of imidazole rings is 1. The molecule has 1 N–H and O–H groups in total. The molecule has 6 nitrogen and oxygen atoms in total. The molecule has 7 heteroatoms. The Hall–Kier alpha value is -3.32. The summed E-state index contributed by atoms with van der Waals surface area (Å²) in [6.45, 7) is 2.32. The van der Waals surface area contributed by atoms with Gasteiger partial charge in [0.1, 0.15) is 17.3 Å². The molecule has 0 bridgehead atoms. The number of nitrogens with one attached hydrogen (secondary N) is 1. The molecular formula is C28H33N3O3S. The summed E-state index contributed by atoms with van der Waals surface area (Å²) >= 11 is 1.47. The van der Waals surface area contributed by atoms with Crippen molar-refractivity contribution in [1.29, 1.82) is 0 Å². The van der Waals surface area contributed by atoms with Crippen molar-refractivity contribution in [1.82, 2.24) is 14.9 Å². The van der Waals surface area contributed by atoms with Crippen LogP contribution in [0, 0.1) is 0 Å². The molecule has 0 aliphatic rings. The monoisotopic (exact) mass is 491 g/mol. The molecule has 0 saturated carbocycles. The number of benzene rings is 2. The summed E-state index contributed by atoms with van der Waals surface area (Å²) in [5, 5.41) is 4.93. The van der Waals surface area contributed by atoms with E-state index in [1.165, 1.54) is 16.9 Å². The van der Waals surface area contributed by atoms with Gasteiger partial charge >= 0.3 is 0 Å². The first-order valence-electron chi connectivity index (χ1n) is 12.3. The number of aryl methyl sites for hydroxylation is 2. The van der Waals surface area contributed by atoms with Crippen molar-refractivity contribution in [3.05, 3.63) is 76.7 Å². The summed E-state index contributed by atoms with van der Waals surface area (Å²) in [5.74, 6) is 2.87. The Kier molecular flexibility index (Phi) is 9.17. The molecule has 0 radical (unpaired) electrons. The molecule has 4 rings (SSSR count). The van der Waals surface area contributed by atoms with Crippen LogP contribution in [0.5, 0.6) is 11.5 Å². The Morgan fingerprint density at radius 2 is 1.77 bits per heavy atom. The fraction of sp³-hybridized carbons (Fsp3) is 0.357. The van der Waals surface area contributed by atoms with E-state index in [0.29, 0.717) is 13.2 Å². The molecule has 0 aliphatic carbocycles. The lowest BCUT2D eigenvalue weighted by atomic mass is 10.2. The van der Waals surface area contributed by atoms with Crippen LogP contribution in [0.2, 0.25) is 0 Å². The first kappa shape index (κ1) is 24.8. The summed E-state index contributed by atoms with van der Waals surface area (Å²) in [5.41, 5.74) is 2.25. The Morgan fingerprint density at radius 1 is 0.943 bits per heavy atom. The minimum atomic E-state index is 0.0257. The van der Waals surface area contributed by atoms with Crippen molar-refractivity contribution >= 4 is 28.3 Å². The number of carbonyl (C=O) groups is 1. The van der Waals surface area contributed by atoms with Gasteiger partial charge in [0.25, 0.3) is 5.91 Å². The molecule has 0 atom stereocenters. The van der Waals surface area contributed by atoms with Gasteiger partial charge in [-0.2, -0.15) is 0 Å². The van der Waals surface area contributed by atoms with Crippen molar-refractivity contribution in [2.75, 3.05) is 20.3 Å². The molecule has 2 aromatic heterocycles. The molecule has 184 valence electrons. The molecule has 0 aliphatic heterocycles. The number of nitrogens with zero attached hydrogens (tertiary/aromatic N) is 2. The fourth-order valence-corrected chi connectivity index (χ4v) is 4.72. The van der Waals surface area contributed by atoms with E-state index < -0.39 is 0 Å². The number of carbonyl (C=O) groups excluding carboxylic acids is 1. The highest BCUT2D eigenvalue weighted by Crippen LogP contribution is 2.20. The molecule has 35 heavy (non-hydrogen) atoms. The van der Waals surface area contributed by atoms with E-state index in [2.05, 4.69) is 28.1 Å². The predicted octanol–water partition coefficient (Wildman–Crippen LogP) is 6.11. The van der Waals surface area contributed by atoms with E-state index in [1.807, 2.05) is 47.8 Å². The number of thiophene rings is 1. The smallest absolute Gasteiger partial charge is 0.261 e. The van der Waals surface area contributed by atoms with E-state index in [-0.39, 0.29) is 5.91 Å². The number of amides is 1. The summed E-state index contributed by atoms with van der Waals surface area (Å²) in [6.07, 6.45) is 6.03. The second kappa shape index (κ2) is 13.0. The van der Waals surface area contributed by atoms with Gasteiger partial charge in [-0.25, -0.2) is 4.98 Å². The van der Waals surface area contributed by atoms with Gasteiger partial charge in [-0.1, -0.05) is 24.6 Å². The molecule has 0 unspecified atom stereocenters. The Morgan fingerprint density at radius 3 is 2.57 bits per heavy atom. The van der Waals surface area contributed by atoms with Gasteiger partial charge in [-0.15, -0.1) is 11.3 Å². The van der Waals surface area contributed by atoms with Crippen LogP contribution in [0.15, 0.2) is 66.0 Å². The lowest BCUT2D eigenvalue weighted by Crippen LogP contribution is -2.23. The Bertz CT molecular complexity index is 1190. The molecule has 0 saturated heterocycles. The van der Waals surface area contributed by atoms with Crippen molar-refractivity contribution in [3.8, 4) is 11.5 Å². The molecule has 4 aromatic rings. The van der Waals surface area contributed by atoms with Crippen LogP contribution >= 0.6 is 11.3 Å². The Balaban J connectivity index is 1.21. The second-order valence-corrected chi connectivity index (χ2v) is 9.39. The maximum absolute atomic E-state index is 12.0. The molecule has 0 fully saturated rings. The van der Waals surface area contributed by atoms with Crippen LogP contribution in [0.1, 0.15) is 47.6 Å². The van der Waals surface area contributed by atoms with Crippen LogP contribution in [0.25, 0.3) is 11.0 Å². The standard InChI is InChI=1S/C28H33N3O3S/c1-33-22-14-16-23(17-15-22)34-20-8-7-19-31-25-11-5-4-10-24(25)30-27(31)13-3-2-6-18-29-28(32)26-12-9-21-35-26/h4-5,9-12,14-17,21H,2-3,6-8,13,18-20H2,1H3,(H,29,32). The van der Waals surface area contributed by atoms with Crippen molar-refractivity contribution in [2.45, 2.75) is 45.1 Å². The van der Waals surface area contributed by atoms with Crippen LogP contribution in [0.4, 0.5) is 0 Å². The maximum atomic E-state index is 12.0. The van der Waals surface area contributed by atoms with E-state index in [4.69, 9.17) is 14.5 Å². The van der Waals surface area contributed by atoms with Gasteiger partial charge in [0.05, 0.1) is 29.6 Å². The highest BCUT2D eigenvalue weighted by Gasteiger charge is 2.10. The fourth-order valence-electron chi connectivity index (χ4n) is 4.08. The van der Waals surface area contributed by atoms with E-state index in [0.717, 1.165) is 72.8 Å². The largest absolute Gasteiger partial charge is 0.497 e. The first-order valence-corrected chi connectivity index (χ1v) is 13.2. The third kappa shape index (κ3) is 7.09. The van der Waals surface area contributed by atoms with Crippen LogP contribution in [0.3, 0.4) is 0 Å². The zero-order chi connectivity index (χ0) is 24.3. The summed E-state index contributed by atoms with van der Waals surface area (Å²) in [4.78, 5) is 17.7. The van der Waals surface area contributed by atoms with Gasteiger partial charge in [0.2, 0.25) is 0 Å². The van der Waals surface area contributed by atoms with Crippen LogP contribution < -0.4 is 14.8 Å². The van der Waals surface area contributed by atoms with Crippen LogP contribution in [-0.4, -0.2) is 35.7 Å². The minimum absolute atomic E-state index is 0.0257. The minimum Gasteiger partial charge on any atom is -0.497 e. The summed E-state index contributed by atoms with van der Waals surface area (Å²) in [7, 11) is 1.66. The quantitative estimate of drug-likeness (QED) is 0.216. The topological polar surface area (TPSA) is 65.4 Å². The average molecular weight is 492 g/mol. The number of ether oxygens (including phenoxy) is 2. The highest BCUT2D eigenvalue weighted by molar-refractivity contribution is 7.12. The highest BCUT2D eigenvalue weighted by atomic mass is 32.1. The summed E-state index contributed by atoms with van der Waals surface area (Å²) < 4.78 is 13.4. The van der Waals surface area contributed by atoms with Gasteiger partial charge in [-0.05, 0) is 73.5 Å². The zero-order valence-electron chi connectivity index (χ0n) is 20.2. The van der Waals surface area contributed by atoms with E-state index >= 15 is 0 Å². The molecule has 2 heterocycles. The summed E-state index contributed by atoms with van der Waals surface area (Å²) in [6, 6.07) is 19.8. The maximum Gasteiger partial charge on any atom is 0.261 e. The predicted molar refractivity (Wildman–Crippen MR) is 142 cm³/mol. The van der Waals surface area contributed by atoms with E-state index in [9.17, 15) is 4.79 Å². The van der Waals surface area contributed by atoms with Crippen molar-refractivity contribution in [2.24, 2.45) is 0 Å².